The number of aromatic nitrogens is 9. The van der Waals surface area contributed by atoms with Crippen molar-refractivity contribution in [2.75, 3.05) is 42.2 Å². The second kappa shape index (κ2) is 38.9. The summed E-state index contributed by atoms with van der Waals surface area (Å²) in [6, 6.07) is 9.29. The first-order chi connectivity index (χ1) is 44.4. The van der Waals surface area contributed by atoms with Gasteiger partial charge in [0.05, 0.1) is 44.9 Å². The van der Waals surface area contributed by atoms with E-state index in [1.807, 2.05) is 0 Å². The summed E-state index contributed by atoms with van der Waals surface area (Å²) in [5, 5.41) is 41.1. The molecule has 7 N–H and O–H groups in total. The number of carbonyl (C=O) groups is 3. The van der Waals surface area contributed by atoms with E-state index < -0.39 is 77.9 Å². The molecular formula is C56H61BCl3F3N18NaO10S6. The predicted octanol–water partition coefficient (Wildman–Crippen LogP) is 5.53. The summed E-state index contributed by atoms with van der Waals surface area (Å²) in [5.41, 5.74) is 1.44. The van der Waals surface area contributed by atoms with E-state index in [0.717, 1.165) is 31.1 Å². The van der Waals surface area contributed by atoms with Crippen molar-refractivity contribution in [2.45, 2.75) is 67.0 Å². The van der Waals surface area contributed by atoms with Crippen LogP contribution in [0.25, 0.3) is 0 Å². The van der Waals surface area contributed by atoms with Gasteiger partial charge in [0.15, 0.2) is 0 Å². The van der Waals surface area contributed by atoms with Crippen molar-refractivity contribution in [2.24, 2.45) is 8.80 Å². The molecular weight excluding hydrogens is 1470 g/mol. The fraction of sp³-hybridized carbons (Fsp3) is 0.250. The molecule has 0 bridgehead atoms. The van der Waals surface area contributed by atoms with Gasteiger partial charge >= 0.3 is 50.0 Å². The second-order valence-corrected chi connectivity index (χ2v) is 27.3. The number of hydrogen-bond acceptors (Lipinski definition) is 20. The van der Waals surface area contributed by atoms with Gasteiger partial charge in [0.2, 0.25) is 5.91 Å². The van der Waals surface area contributed by atoms with Gasteiger partial charge in [-0.05, 0) is 80.1 Å². The molecule has 3 aliphatic rings. The van der Waals surface area contributed by atoms with Gasteiger partial charge in [-0.25, -0.2) is 36.7 Å². The van der Waals surface area contributed by atoms with E-state index in [0.29, 0.717) is 26.4 Å². The quantitative estimate of drug-likeness (QED) is 0.0435. The number of carbonyl (C=O) groups excluding carboxylic acids is 3. The largest absolute Gasteiger partial charge is 1.00 e. The number of rotatable bonds is 17. The third kappa shape index (κ3) is 22.6. The molecule has 5 aromatic heterocycles. The van der Waals surface area contributed by atoms with Gasteiger partial charge in [0.1, 0.15) is 61.3 Å². The number of halogens is 6. The van der Waals surface area contributed by atoms with Crippen LogP contribution in [0.2, 0.25) is 15.1 Å². The summed E-state index contributed by atoms with van der Waals surface area (Å²) in [6.07, 6.45) is 16.1. The first kappa shape index (κ1) is 84.9. The molecule has 2 atom stereocenters. The van der Waals surface area contributed by atoms with Crippen LogP contribution in [0, 0.1) is 29.8 Å². The van der Waals surface area contributed by atoms with Crippen LogP contribution in [0.1, 0.15) is 75.9 Å². The molecule has 8 aromatic rings. The van der Waals surface area contributed by atoms with Crippen molar-refractivity contribution < 1.29 is 88.9 Å². The van der Waals surface area contributed by atoms with Crippen molar-refractivity contribution in [3.8, 4) is 12.3 Å². The van der Waals surface area contributed by atoms with Gasteiger partial charge in [-0.1, -0.05) is 57.1 Å². The minimum Gasteiger partial charge on any atom is -1.00 e. The molecule has 3 aromatic carbocycles. The van der Waals surface area contributed by atoms with E-state index in [2.05, 4.69) is 81.2 Å². The molecule has 42 heteroatoms. The van der Waals surface area contributed by atoms with Gasteiger partial charge in [-0.2, -0.15) is 65.1 Å². The minimum atomic E-state index is -4.24. The Morgan fingerprint density at radius 3 is 1.48 bits per heavy atom. The molecule has 517 valence electrons. The van der Waals surface area contributed by atoms with E-state index >= 15 is 0 Å². The van der Waals surface area contributed by atoms with Crippen molar-refractivity contribution >= 4 is 154 Å². The smallest absolute Gasteiger partial charge is 1.00 e. The number of aliphatic hydroxyl groups is 1. The number of terminal acetylenes is 1. The maximum Gasteiger partial charge on any atom is 1.00 e. The van der Waals surface area contributed by atoms with Crippen LogP contribution in [-0.2, 0) is 57.9 Å². The summed E-state index contributed by atoms with van der Waals surface area (Å²) < 4.78 is 130. The Labute approximate surface area is 615 Å². The standard InChI is InChI=1S/C17H17ClFN7O3S2.C17H13ClFN7O3S2.C17H12ClFN4O3S2.C2H6O.3CH4.B.Na.H/c2*18-12-7-10(1-2-13(12)19)22-16(27)15-8-14(17-20-4-6-30-17)24-31(28,29)26(15)5-3-11-9-21-25-23-11;1-2-3-7-23-15(16(24)21-11-4-5-13(19)12(18)9-11)10-14(22-28(23,25)26)17-20-6-8-27-17;1-2-3;;;;;;/h1-2,4,6-7,9,14-15,24H,3,5,8H2,(H,22,27)(H,21,23,25);1-2,4,6-9H,3,5H2,(H,22,27)(H,21,23,25);1,4-6,8-10H,3,7H2,(H,21,24);3H,2H2,1H3;3*1H4;;;/q;;;;;;;;+1;-1. The third-order valence-corrected chi connectivity index (χ3v) is 20.1. The Bertz CT molecular complexity index is 4500. The van der Waals surface area contributed by atoms with Crippen molar-refractivity contribution in [1.82, 2.24) is 63.4 Å². The predicted molar refractivity (Wildman–Crippen MR) is 370 cm³/mol. The summed E-state index contributed by atoms with van der Waals surface area (Å²) in [6.45, 7) is 1.71. The Kier molecular flexibility index (Phi) is 33.7. The first-order valence-corrected chi connectivity index (χ1v) is 34.6. The van der Waals surface area contributed by atoms with Crippen LogP contribution in [0.3, 0.4) is 0 Å². The molecule has 2 unspecified atom stereocenters. The van der Waals surface area contributed by atoms with Crippen LogP contribution in [0.15, 0.2) is 134 Å². The number of hydrogen-bond donors (Lipinski definition) is 7. The molecule has 28 nitrogen and oxygen atoms in total. The summed E-state index contributed by atoms with van der Waals surface area (Å²) >= 11 is 20.9. The van der Waals surface area contributed by atoms with Crippen molar-refractivity contribution in [1.29, 1.82) is 0 Å². The molecule has 8 heterocycles. The van der Waals surface area contributed by atoms with E-state index in [-0.39, 0.29) is 169 Å². The molecule has 3 radical (unpaired) electrons. The fourth-order valence-corrected chi connectivity index (χ4v) is 14.9. The number of benzene rings is 3. The number of nitrogens with one attached hydrogen (secondary N) is 6. The summed E-state index contributed by atoms with van der Waals surface area (Å²) in [5.74, 6) is -1.63. The number of aliphatic hydroxyl groups excluding tert-OH is 1. The van der Waals surface area contributed by atoms with E-state index in [9.17, 15) is 52.8 Å². The zero-order valence-corrected chi connectivity index (χ0v) is 58.3. The zero-order valence-electron chi connectivity index (χ0n) is 50.1. The Morgan fingerprint density at radius 1 is 0.673 bits per heavy atom. The number of nitrogens with zero attached hydrogens (tertiary/aromatic N) is 12. The van der Waals surface area contributed by atoms with Crippen LogP contribution in [0.4, 0.5) is 30.2 Å². The zero-order chi connectivity index (χ0) is 67.0. The average molecular weight is 1540 g/mol. The summed E-state index contributed by atoms with van der Waals surface area (Å²) in [4.78, 5) is 51.2. The molecule has 3 amide bonds. The topological polar surface area (TPSA) is 378 Å². The average Bonchev–Trinajstić information content (AvgIpc) is 1.76. The Morgan fingerprint density at radius 2 is 1.09 bits per heavy atom. The third-order valence-electron chi connectivity index (χ3n) is 12.4. The fourth-order valence-electron chi connectivity index (χ4n) is 8.29. The Hall–Kier alpha value is -7.33. The van der Waals surface area contributed by atoms with Crippen molar-refractivity contribution in [3.05, 3.63) is 184 Å². The molecule has 11 rings (SSSR count). The molecule has 0 spiro atoms. The van der Waals surface area contributed by atoms with E-state index in [1.54, 1.807) is 29.3 Å². The maximum absolute atomic E-state index is 13.4. The number of thiazole rings is 3. The molecule has 0 saturated carbocycles. The molecule has 3 aliphatic heterocycles. The summed E-state index contributed by atoms with van der Waals surface area (Å²) in [7, 11) is -12.4. The molecule has 0 aliphatic carbocycles. The van der Waals surface area contributed by atoms with Crippen LogP contribution in [-0.4, -0.2) is 159 Å². The number of allylic oxidation sites excluding steroid dienone is 2. The number of H-pyrrole nitrogens is 2. The molecule has 98 heavy (non-hydrogen) atoms. The van der Waals surface area contributed by atoms with Gasteiger partial charge in [-0.15, -0.1) is 55.1 Å². The number of aromatic amines is 2. The second-order valence-electron chi connectivity index (χ2n) is 18.7. The van der Waals surface area contributed by atoms with E-state index in [1.165, 1.54) is 107 Å². The Balaban J connectivity index is 0.000000481. The normalized spacial score (nSPS) is 16.1. The number of amides is 3. The maximum atomic E-state index is 13.4. The van der Waals surface area contributed by atoms with Crippen LogP contribution < -0.4 is 50.2 Å². The SMILES string of the molecule is C.C.C.C#CCCN1C(C(=O)Nc2ccc(F)c(Cl)c2)=CC(c2nccs2)=NS1(=O)=O.CCO.O=C(Nc1ccc(F)c(Cl)c1)C1=CC(c2nccs2)=NS(=O)(=O)N1CCc1cn[nH]n1.O=C(Nc1ccc(F)c(Cl)c1)C1CC(c2nccs2)NS(=O)(=O)N1CCc1cn[nH]n1.[B].[H-].[Na+]. The number of anilines is 3. The minimum absolute atomic E-state index is 0. The van der Waals surface area contributed by atoms with Crippen LogP contribution in [0.5, 0.6) is 0 Å². The first-order valence-electron chi connectivity index (χ1n) is 26.6. The molecule has 1 fully saturated rings. The van der Waals surface area contributed by atoms with Gasteiger partial charge in [0.25, 0.3) is 22.0 Å². The van der Waals surface area contributed by atoms with Crippen molar-refractivity contribution in [3.63, 3.8) is 0 Å². The van der Waals surface area contributed by atoms with Gasteiger partial charge in [-0.3, -0.25) is 14.4 Å². The van der Waals surface area contributed by atoms with Gasteiger partial charge in [0, 0.05) is 106 Å². The van der Waals surface area contributed by atoms with Crippen LogP contribution >= 0.6 is 68.8 Å². The molecule has 1 saturated heterocycles. The van der Waals surface area contributed by atoms with Gasteiger partial charge < -0.3 is 22.5 Å². The van der Waals surface area contributed by atoms with E-state index in [4.69, 9.17) is 46.3 Å². The monoisotopic (exact) mass is 1530 g/mol.